The highest BCUT2D eigenvalue weighted by molar-refractivity contribution is 7.20. The van der Waals surface area contributed by atoms with Crippen molar-refractivity contribution in [3.8, 4) is 5.75 Å². The number of ether oxygens (including phenoxy) is 1. The SMILES string of the molecule is NC(c1cc(Cl)sc1Cl)c1cc(Cl)cc2c1OCC2. The molecule has 1 aliphatic rings. The van der Waals surface area contributed by atoms with Crippen LogP contribution in [0.4, 0.5) is 0 Å². The first-order valence-corrected chi connectivity index (χ1v) is 7.66. The Kier molecular flexibility index (Phi) is 3.67. The summed E-state index contributed by atoms with van der Waals surface area (Å²) in [5, 5.41) is 0.659. The predicted molar refractivity (Wildman–Crippen MR) is 81.0 cm³/mol. The fraction of sp³-hybridized carbons (Fsp3) is 0.231. The summed E-state index contributed by atoms with van der Waals surface area (Å²) in [5.41, 5.74) is 9.05. The van der Waals surface area contributed by atoms with Crippen LogP contribution >= 0.6 is 46.1 Å². The molecular weight excluding hydrogens is 325 g/mol. The predicted octanol–water partition coefficient (Wildman–Crippen LogP) is 4.69. The molecule has 2 heterocycles. The van der Waals surface area contributed by atoms with Crippen LogP contribution in [0.1, 0.15) is 22.7 Å². The van der Waals surface area contributed by atoms with Gasteiger partial charge >= 0.3 is 0 Å². The number of nitrogens with two attached hydrogens (primary N) is 1. The summed E-state index contributed by atoms with van der Waals surface area (Å²) in [6.45, 7) is 0.660. The van der Waals surface area contributed by atoms with Crippen LogP contribution in [0.3, 0.4) is 0 Å². The van der Waals surface area contributed by atoms with Gasteiger partial charge in [-0.25, -0.2) is 0 Å². The van der Waals surface area contributed by atoms with Crippen LogP contribution in [0.5, 0.6) is 5.75 Å². The van der Waals surface area contributed by atoms with E-state index in [1.54, 1.807) is 6.07 Å². The van der Waals surface area contributed by atoms with Gasteiger partial charge in [-0.3, -0.25) is 0 Å². The first-order valence-electron chi connectivity index (χ1n) is 5.71. The molecule has 6 heteroatoms. The minimum Gasteiger partial charge on any atom is -0.493 e. The summed E-state index contributed by atoms with van der Waals surface area (Å²) in [7, 11) is 0. The first kappa shape index (κ1) is 13.5. The normalized spacial score (nSPS) is 15.2. The molecule has 1 unspecified atom stereocenters. The Morgan fingerprint density at radius 2 is 1.95 bits per heavy atom. The highest BCUT2D eigenvalue weighted by Crippen LogP contribution is 2.42. The van der Waals surface area contributed by atoms with Crippen molar-refractivity contribution >= 4 is 46.1 Å². The minimum absolute atomic E-state index is 0.387. The van der Waals surface area contributed by atoms with Gasteiger partial charge < -0.3 is 10.5 Å². The van der Waals surface area contributed by atoms with Gasteiger partial charge in [0.1, 0.15) is 5.75 Å². The van der Waals surface area contributed by atoms with E-state index < -0.39 is 0 Å². The summed E-state index contributed by atoms with van der Waals surface area (Å²) in [6.07, 6.45) is 0.855. The number of fused-ring (bicyclic) bond motifs is 1. The van der Waals surface area contributed by atoms with Gasteiger partial charge in [0.05, 0.1) is 21.3 Å². The second-order valence-electron chi connectivity index (χ2n) is 4.34. The van der Waals surface area contributed by atoms with E-state index in [1.807, 2.05) is 12.1 Å². The van der Waals surface area contributed by atoms with E-state index in [0.717, 1.165) is 28.9 Å². The largest absolute Gasteiger partial charge is 0.493 e. The molecule has 0 spiro atoms. The van der Waals surface area contributed by atoms with Crippen LogP contribution in [0, 0.1) is 0 Å². The molecule has 0 radical (unpaired) electrons. The summed E-state index contributed by atoms with van der Waals surface area (Å²) >= 11 is 19.6. The molecule has 2 nitrogen and oxygen atoms in total. The van der Waals surface area contributed by atoms with E-state index in [2.05, 4.69) is 0 Å². The van der Waals surface area contributed by atoms with Gasteiger partial charge in [-0.05, 0) is 23.8 Å². The average molecular weight is 335 g/mol. The van der Waals surface area contributed by atoms with Gasteiger partial charge in [0.15, 0.2) is 0 Å². The number of halogens is 3. The zero-order valence-corrected chi connectivity index (χ0v) is 12.8. The molecule has 19 heavy (non-hydrogen) atoms. The van der Waals surface area contributed by atoms with Gasteiger partial charge in [0.2, 0.25) is 0 Å². The first-order chi connectivity index (χ1) is 9.06. The molecule has 2 aromatic rings. The molecular formula is C13H10Cl3NOS. The summed E-state index contributed by atoms with van der Waals surface area (Å²) in [4.78, 5) is 0. The minimum atomic E-state index is -0.387. The van der Waals surface area contributed by atoms with Gasteiger partial charge in [0.25, 0.3) is 0 Å². The Hall–Kier alpha value is -0.450. The Labute approximate surface area is 130 Å². The fourth-order valence-electron chi connectivity index (χ4n) is 2.26. The molecule has 1 atom stereocenters. The van der Waals surface area contributed by atoms with E-state index in [-0.39, 0.29) is 6.04 Å². The Bertz CT molecular complexity index is 641. The maximum atomic E-state index is 6.30. The molecule has 1 aromatic heterocycles. The van der Waals surface area contributed by atoms with E-state index in [0.29, 0.717) is 20.3 Å². The number of benzene rings is 1. The van der Waals surface area contributed by atoms with Crippen LogP contribution < -0.4 is 10.5 Å². The summed E-state index contributed by atoms with van der Waals surface area (Å²) in [6, 6.07) is 5.16. The third-order valence-electron chi connectivity index (χ3n) is 3.13. The van der Waals surface area contributed by atoms with Crippen molar-refractivity contribution in [1.29, 1.82) is 0 Å². The lowest BCUT2D eigenvalue weighted by molar-refractivity contribution is 0.352. The molecule has 1 aromatic carbocycles. The van der Waals surface area contributed by atoms with E-state index in [4.69, 9.17) is 45.3 Å². The van der Waals surface area contributed by atoms with Crippen LogP contribution in [-0.4, -0.2) is 6.61 Å². The third-order valence-corrected chi connectivity index (χ3v) is 4.87. The maximum absolute atomic E-state index is 6.30. The standard InChI is InChI=1S/C13H10Cl3NOS/c14-7-3-6-1-2-18-12(6)8(4-7)11(17)9-5-10(15)19-13(9)16/h3-5,11H,1-2,17H2. The topological polar surface area (TPSA) is 35.2 Å². The van der Waals surface area contributed by atoms with Crippen molar-refractivity contribution in [2.75, 3.05) is 6.61 Å². The second-order valence-corrected chi connectivity index (χ2v) is 7.06. The Morgan fingerprint density at radius 1 is 1.16 bits per heavy atom. The number of thiophene rings is 1. The lowest BCUT2D eigenvalue weighted by atomic mass is 9.98. The molecule has 2 N–H and O–H groups in total. The van der Waals surface area contributed by atoms with Crippen molar-refractivity contribution in [3.63, 3.8) is 0 Å². The Morgan fingerprint density at radius 3 is 2.63 bits per heavy atom. The van der Waals surface area contributed by atoms with Crippen LogP contribution in [0.2, 0.25) is 13.7 Å². The van der Waals surface area contributed by atoms with Crippen molar-refractivity contribution in [1.82, 2.24) is 0 Å². The van der Waals surface area contributed by atoms with Crippen molar-refractivity contribution in [3.05, 3.63) is 48.6 Å². The van der Waals surface area contributed by atoms with Crippen molar-refractivity contribution in [2.24, 2.45) is 5.73 Å². The second kappa shape index (κ2) is 5.15. The lowest BCUT2D eigenvalue weighted by Crippen LogP contribution is -2.12. The molecule has 1 aliphatic heterocycles. The van der Waals surface area contributed by atoms with E-state index in [9.17, 15) is 0 Å². The Balaban J connectivity index is 2.09. The zero-order chi connectivity index (χ0) is 13.6. The fourth-order valence-corrected chi connectivity index (χ4v) is 4.06. The monoisotopic (exact) mass is 333 g/mol. The summed E-state index contributed by atoms with van der Waals surface area (Å²) < 4.78 is 6.88. The van der Waals surface area contributed by atoms with E-state index >= 15 is 0 Å². The number of rotatable bonds is 2. The third kappa shape index (κ3) is 2.46. The molecule has 0 saturated carbocycles. The van der Waals surface area contributed by atoms with Crippen LogP contribution in [0.25, 0.3) is 0 Å². The molecule has 3 rings (SSSR count). The van der Waals surface area contributed by atoms with Crippen LogP contribution in [-0.2, 0) is 6.42 Å². The number of hydrogen-bond donors (Lipinski definition) is 1. The van der Waals surface area contributed by atoms with Gasteiger partial charge in [-0.2, -0.15) is 0 Å². The van der Waals surface area contributed by atoms with Gasteiger partial charge in [0, 0.05) is 22.6 Å². The number of hydrogen-bond acceptors (Lipinski definition) is 3. The zero-order valence-electron chi connectivity index (χ0n) is 9.75. The molecule has 0 amide bonds. The quantitative estimate of drug-likeness (QED) is 0.864. The maximum Gasteiger partial charge on any atom is 0.127 e. The molecule has 0 fully saturated rings. The average Bonchev–Trinajstić information content (AvgIpc) is 2.93. The lowest BCUT2D eigenvalue weighted by Gasteiger charge is -2.15. The van der Waals surface area contributed by atoms with Crippen molar-refractivity contribution < 1.29 is 4.74 Å². The highest BCUT2D eigenvalue weighted by Gasteiger charge is 2.24. The molecule has 100 valence electrons. The molecule has 0 aliphatic carbocycles. The molecule has 0 saturated heterocycles. The molecule has 0 bridgehead atoms. The van der Waals surface area contributed by atoms with Gasteiger partial charge in [-0.1, -0.05) is 34.8 Å². The van der Waals surface area contributed by atoms with Crippen LogP contribution in [0.15, 0.2) is 18.2 Å². The van der Waals surface area contributed by atoms with Gasteiger partial charge in [-0.15, -0.1) is 11.3 Å². The summed E-state index contributed by atoms with van der Waals surface area (Å²) in [5.74, 6) is 0.829. The van der Waals surface area contributed by atoms with E-state index in [1.165, 1.54) is 11.3 Å². The smallest absolute Gasteiger partial charge is 0.127 e. The van der Waals surface area contributed by atoms with Crippen molar-refractivity contribution in [2.45, 2.75) is 12.5 Å². The highest BCUT2D eigenvalue weighted by atomic mass is 35.5.